The predicted molar refractivity (Wildman–Crippen MR) is 96.6 cm³/mol. The van der Waals surface area contributed by atoms with Crippen LogP contribution in [-0.2, 0) is 5.60 Å². The van der Waals surface area contributed by atoms with Gasteiger partial charge in [0.05, 0.1) is 29.8 Å². The van der Waals surface area contributed by atoms with Gasteiger partial charge in [-0.3, -0.25) is 9.38 Å². The summed E-state index contributed by atoms with van der Waals surface area (Å²) in [5, 5.41) is 15.7. The number of rotatable bonds is 4. The van der Waals surface area contributed by atoms with Gasteiger partial charge in [0.2, 0.25) is 0 Å². The maximum absolute atomic E-state index is 14.5. The molecule has 4 rings (SSSR count). The van der Waals surface area contributed by atoms with Gasteiger partial charge in [0, 0.05) is 25.4 Å². The molecule has 0 spiro atoms. The first-order valence-corrected chi connectivity index (χ1v) is 8.78. The molecule has 10 heteroatoms. The average molecular weight is 392 g/mol. The maximum atomic E-state index is 14.5. The number of anilines is 1. The third-order valence-corrected chi connectivity index (χ3v) is 4.66. The molecule has 1 fully saturated rings. The first-order valence-electron chi connectivity index (χ1n) is 8.78. The fourth-order valence-corrected chi connectivity index (χ4v) is 3.09. The van der Waals surface area contributed by atoms with E-state index in [1.54, 1.807) is 13.8 Å². The molecule has 28 heavy (non-hydrogen) atoms. The van der Waals surface area contributed by atoms with E-state index in [9.17, 15) is 18.3 Å². The molecule has 3 N–H and O–H groups in total. The van der Waals surface area contributed by atoms with E-state index in [1.165, 1.54) is 23.0 Å². The number of nitrogens with one attached hydrogen (secondary N) is 2. The van der Waals surface area contributed by atoms with Crippen LogP contribution in [0.2, 0.25) is 0 Å². The zero-order chi connectivity index (χ0) is 20.1. The van der Waals surface area contributed by atoms with Gasteiger partial charge in [0.15, 0.2) is 23.1 Å². The van der Waals surface area contributed by atoms with Crippen LogP contribution in [0.5, 0.6) is 0 Å². The lowest BCUT2D eigenvalue weighted by atomic mass is 10.1. The molecule has 0 saturated carbocycles. The highest BCUT2D eigenvalue weighted by atomic mass is 19.1. The van der Waals surface area contributed by atoms with Gasteiger partial charge in [-0.1, -0.05) is 0 Å². The van der Waals surface area contributed by atoms with Crippen LogP contribution in [0.3, 0.4) is 0 Å². The number of hydrogen-bond acceptors (Lipinski definition) is 6. The van der Waals surface area contributed by atoms with Crippen LogP contribution >= 0.6 is 0 Å². The van der Waals surface area contributed by atoms with Crippen LogP contribution in [0.4, 0.5) is 19.0 Å². The van der Waals surface area contributed by atoms with Gasteiger partial charge in [0.25, 0.3) is 0 Å². The third kappa shape index (κ3) is 3.29. The van der Waals surface area contributed by atoms with E-state index in [0.717, 1.165) is 0 Å². The molecule has 1 aliphatic rings. The van der Waals surface area contributed by atoms with Crippen molar-refractivity contribution < 1.29 is 18.3 Å². The lowest BCUT2D eigenvalue weighted by Crippen LogP contribution is -2.30. The van der Waals surface area contributed by atoms with Crippen molar-refractivity contribution in [3.05, 3.63) is 42.0 Å². The van der Waals surface area contributed by atoms with Crippen molar-refractivity contribution in [2.75, 3.05) is 18.4 Å². The molecular formula is C18H19F3N6O. The molecule has 0 amide bonds. The number of hydrogen-bond donors (Lipinski definition) is 3. The topological polar surface area (TPSA) is 87.4 Å². The molecule has 3 aromatic rings. The van der Waals surface area contributed by atoms with E-state index in [1.807, 2.05) is 0 Å². The van der Waals surface area contributed by atoms with Crippen molar-refractivity contribution in [1.29, 1.82) is 0 Å². The number of fused-ring (bicyclic) bond motifs is 1. The molecule has 148 valence electrons. The second kappa shape index (κ2) is 6.71. The Morgan fingerprint density at radius 3 is 2.68 bits per heavy atom. The molecule has 0 aliphatic carbocycles. The predicted octanol–water partition coefficient (Wildman–Crippen LogP) is 2.02. The second-order valence-corrected chi connectivity index (χ2v) is 7.28. The minimum Gasteiger partial charge on any atom is -0.384 e. The number of nitrogens with zero attached hydrogens (tertiary/aromatic N) is 4. The van der Waals surface area contributed by atoms with E-state index < -0.39 is 29.4 Å². The van der Waals surface area contributed by atoms with Crippen LogP contribution in [0.25, 0.3) is 17.0 Å². The molecule has 0 aromatic carbocycles. The van der Waals surface area contributed by atoms with Gasteiger partial charge in [0.1, 0.15) is 17.5 Å². The van der Waals surface area contributed by atoms with Crippen molar-refractivity contribution in [1.82, 2.24) is 24.7 Å². The smallest absolute Gasteiger partial charge is 0.168 e. The highest BCUT2D eigenvalue weighted by molar-refractivity contribution is 5.62. The maximum Gasteiger partial charge on any atom is 0.168 e. The lowest BCUT2D eigenvalue weighted by molar-refractivity contribution is 0.0734. The normalized spacial score (nSPS) is 20.1. The summed E-state index contributed by atoms with van der Waals surface area (Å²) in [6.07, 6.45) is 3.14. The second-order valence-electron chi connectivity index (χ2n) is 7.28. The minimum absolute atomic E-state index is 0.148. The molecule has 2 atom stereocenters. The van der Waals surface area contributed by atoms with Crippen molar-refractivity contribution in [3.8, 4) is 11.4 Å². The monoisotopic (exact) mass is 392 g/mol. The Hall–Kier alpha value is -2.72. The van der Waals surface area contributed by atoms with Crippen molar-refractivity contribution in [3.63, 3.8) is 0 Å². The quantitative estimate of drug-likeness (QED) is 0.630. The number of alkyl halides is 1. The zero-order valence-corrected chi connectivity index (χ0v) is 15.2. The Balaban J connectivity index is 1.79. The fourth-order valence-electron chi connectivity index (χ4n) is 3.09. The molecule has 1 saturated heterocycles. The minimum atomic E-state index is -1.22. The fraction of sp³-hybridized carbons (Fsp3) is 0.389. The van der Waals surface area contributed by atoms with Crippen LogP contribution in [0, 0.1) is 11.6 Å². The Labute approximate surface area is 158 Å². The molecule has 0 radical (unpaired) electrons. The Morgan fingerprint density at radius 1 is 1.21 bits per heavy atom. The molecule has 4 heterocycles. The average Bonchev–Trinajstić information content (AvgIpc) is 3.22. The van der Waals surface area contributed by atoms with Gasteiger partial charge in [-0.25, -0.2) is 23.1 Å². The van der Waals surface area contributed by atoms with Crippen LogP contribution in [0.1, 0.15) is 19.5 Å². The van der Waals surface area contributed by atoms with Crippen LogP contribution in [-0.4, -0.2) is 49.8 Å². The highest BCUT2D eigenvalue weighted by Gasteiger charge is 2.28. The van der Waals surface area contributed by atoms with E-state index in [-0.39, 0.29) is 23.8 Å². The largest absolute Gasteiger partial charge is 0.384 e. The van der Waals surface area contributed by atoms with E-state index in [0.29, 0.717) is 24.0 Å². The zero-order valence-electron chi connectivity index (χ0n) is 15.2. The summed E-state index contributed by atoms with van der Waals surface area (Å²) in [6.45, 7) is 3.61. The summed E-state index contributed by atoms with van der Waals surface area (Å²) in [7, 11) is 0. The van der Waals surface area contributed by atoms with Gasteiger partial charge in [-0.15, -0.1) is 0 Å². The summed E-state index contributed by atoms with van der Waals surface area (Å²) in [5.41, 5.74) is -0.359. The van der Waals surface area contributed by atoms with E-state index >= 15 is 0 Å². The van der Waals surface area contributed by atoms with Crippen molar-refractivity contribution in [2.24, 2.45) is 0 Å². The molecule has 0 unspecified atom stereocenters. The van der Waals surface area contributed by atoms with Crippen molar-refractivity contribution in [2.45, 2.75) is 31.7 Å². The van der Waals surface area contributed by atoms with Crippen molar-refractivity contribution >= 4 is 11.5 Å². The number of imidazole rings is 1. The van der Waals surface area contributed by atoms with Crippen LogP contribution < -0.4 is 10.6 Å². The Morgan fingerprint density at radius 2 is 2.00 bits per heavy atom. The highest BCUT2D eigenvalue weighted by Crippen LogP contribution is 2.27. The first-order chi connectivity index (χ1) is 13.2. The third-order valence-electron chi connectivity index (χ3n) is 4.66. The van der Waals surface area contributed by atoms with E-state index in [2.05, 4.69) is 25.6 Å². The Bertz CT molecular complexity index is 1030. The first kappa shape index (κ1) is 18.6. The van der Waals surface area contributed by atoms with E-state index in [4.69, 9.17) is 0 Å². The molecule has 7 nitrogen and oxygen atoms in total. The number of halogens is 3. The molecule has 0 bridgehead atoms. The number of pyridine rings is 1. The molecular weight excluding hydrogens is 373 g/mol. The molecule has 1 aliphatic heterocycles. The summed E-state index contributed by atoms with van der Waals surface area (Å²) in [6, 6.07) is 0.0473. The lowest BCUT2D eigenvalue weighted by Gasteiger charge is -2.17. The number of aliphatic hydroxyl groups is 1. The summed E-state index contributed by atoms with van der Waals surface area (Å²) < 4.78 is 44.1. The van der Waals surface area contributed by atoms with Gasteiger partial charge >= 0.3 is 0 Å². The van der Waals surface area contributed by atoms with Gasteiger partial charge in [-0.05, 0) is 13.8 Å². The van der Waals surface area contributed by atoms with Gasteiger partial charge < -0.3 is 15.7 Å². The van der Waals surface area contributed by atoms with Gasteiger partial charge in [-0.2, -0.15) is 0 Å². The Kier molecular flexibility index (Phi) is 4.47. The standard InChI is InChI=1S/C18H19F3N6O/c1-18(2,28)14-8-27-13(6-24-15(27)7-23-14)16-9(19)3-10(20)17(26-16)25-12-5-22-4-11(12)21/h3,6-8,11-12,22,28H,4-5H2,1-2H3,(H,25,26)/t11-,12-/m0/s1. The summed E-state index contributed by atoms with van der Waals surface area (Å²) >= 11 is 0. The summed E-state index contributed by atoms with van der Waals surface area (Å²) in [5.74, 6) is -2.03. The molecule has 3 aromatic heterocycles. The van der Waals surface area contributed by atoms with Crippen LogP contribution in [0.15, 0.2) is 24.7 Å². The SMILES string of the molecule is CC(C)(O)c1cn2c(-c3nc(N[C@H]4CNC[C@@H]4F)c(F)cc3F)cnc2cn1. The number of aromatic nitrogens is 4. The summed E-state index contributed by atoms with van der Waals surface area (Å²) in [4.78, 5) is 12.4.